The first-order chi connectivity index (χ1) is 7.54. The molecule has 1 rings (SSSR count). The predicted octanol–water partition coefficient (Wildman–Crippen LogP) is -0.496. The Kier molecular flexibility index (Phi) is 5.02. The highest BCUT2D eigenvalue weighted by Crippen LogP contribution is 2.12. The molecule has 0 bridgehead atoms. The van der Waals surface area contributed by atoms with Crippen molar-refractivity contribution >= 4 is 23.4 Å². The summed E-state index contributed by atoms with van der Waals surface area (Å²) in [4.78, 5) is 26.5. The van der Waals surface area contributed by atoms with Gasteiger partial charge in [-0.1, -0.05) is 0 Å². The molecule has 5 nitrogen and oxygen atoms in total. The standard InChI is InChI=1S/C10H18ClN3O2/c1-13-4-3-8(7-13)14(2)10(16)6-12-9(15)5-11/h8H,3-7H2,1-2H3,(H,12,15). The maximum atomic E-state index is 11.7. The van der Waals surface area contributed by atoms with Crippen LogP contribution in [0.2, 0.25) is 0 Å². The Balaban J connectivity index is 2.33. The van der Waals surface area contributed by atoms with Crippen molar-refractivity contribution in [3.05, 3.63) is 0 Å². The number of carbonyl (C=O) groups is 2. The van der Waals surface area contributed by atoms with Crippen molar-refractivity contribution in [1.29, 1.82) is 0 Å². The third kappa shape index (κ3) is 3.64. The Labute approximate surface area is 101 Å². The highest BCUT2D eigenvalue weighted by Gasteiger charge is 2.26. The molecule has 1 fully saturated rings. The SMILES string of the molecule is CN1CCC(N(C)C(=O)CNC(=O)CCl)C1. The van der Waals surface area contributed by atoms with E-state index in [4.69, 9.17) is 11.6 Å². The average Bonchev–Trinajstić information content (AvgIpc) is 2.71. The van der Waals surface area contributed by atoms with Crippen molar-refractivity contribution in [3.8, 4) is 0 Å². The number of amides is 2. The molecule has 1 N–H and O–H groups in total. The van der Waals surface area contributed by atoms with E-state index in [1.54, 1.807) is 11.9 Å². The zero-order valence-corrected chi connectivity index (χ0v) is 10.5. The minimum Gasteiger partial charge on any atom is -0.346 e. The number of halogens is 1. The molecule has 6 heteroatoms. The summed E-state index contributed by atoms with van der Waals surface area (Å²) in [5.74, 6) is -0.492. The molecule has 0 aromatic heterocycles. The van der Waals surface area contributed by atoms with Gasteiger partial charge >= 0.3 is 0 Å². The number of nitrogens with one attached hydrogen (secondary N) is 1. The maximum Gasteiger partial charge on any atom is 0.242 e. The third-order valence-electron chi connectivity index (χ3n) is 2.87. The molecule has 0 spiro atoms. The molecular formula is C10H18ClN3O2. The van der Waals surface area contributed by atoms with Crippen molar-refractivity contribution in [2.75, 3.05) is 39.6 Å². The van der Waals surface area contributed by atoms with Crippen molar-refractivity contribution in [3.63, 3.8) is 0 Å². The fourth-order valence-electron chi connectivity index (χ4n) is 1.78. The Hall–Kier alpha value is -0.810. The lowest BCUT2D eigenvalue weighted by molar-refractivity contribution is -0.132. The minimum absolute atomic E-state index is 0.0300. The van der Waals surface area contributed by atoms with Crippen LogP contribution in [0, 0.1) is 0 Å². The van der Waals surface area contributed by atoms with Gasteiger partial charge in [0.25, 0.3) is 0 Å². The van der Waals surface area contributed by atoms with E-state index >= 15 is 0 Å². The second kappa shape index (κ2) is 6.06. The summed E-state index contributed by atoms with van der Waals surface area (Å²) < 4.78 is 0. The van der Waals surface area contributed by atoms with Crippen LogP contribution in [-0.4, -0.2) is 67.3 Å². The first-order valence-corrected chi connectivity index (χ1v) is 5.85. The summed E-state index contributed by atoms with van der Waals surface area (Å²) in [6.45, 7) is 1.93. The Bertz CT molecular complexity index is 273. The molecule has 1 heterocycles. The summed E-state index contributed by atoms with van der Waals surface area (Å²) in [6.07, 6.45) is 0.988. The number of likely N-dealkylation sites (tertiary alicyclic amines) is 1. The van der Waals surface area contributed by atoms with E-state index in [0.717, 1.165) is 19.5 Å². The summed E-state index contributed by atoms with van der Waals surface area (Å²) in [6, 6.07) is 0.255. The number of hydrogen-bond donors (Lipinski definition) is 1. The van der Waals surface area contributed by atoms with Crippen LogP contribution in [0.5, 0.6) is 0 Å². The van der Waals surface area contributed by atoms with E-state index < -0.39 is 0 Å². The number of carbonyl (C=O) groups excluding carboxylic acids is 2. The third-order valence-corrected chi connectivity index (χ3v) is 3.11. The lowest BCUT2D eigenvalue weighted by atomic mass is 10.2. The zero-order valence-electron chi connectivity index (χ0n) is 9.70. The Morgan fingerprint density at radius 1 is 1.56 bits per heavy atom. The van der Waals surface area contributed by atoms with Gasteiger partial charge in [-0.05, 0) is 20.0 Å². The molecule has 0 aromatic carbocycles. The first kappa shape index (κ1) is 13.3. The number of likely N-dealkylation sites (N-methyl/N-ethyl adjacent to an activating group) is 2. The van der Waals surface area contributed by atoms with Crippen molar-refractivity contribution in [2.24, 2.45) is 0 Å². The predicted molar refractivity (Wildman–Crippen MR) is 62.4 cm³/mol. The molecule has 1 atom stereocenters. The van der Waals surface area contributed by atoms with Crippen LogP contribution in [-0.2, 0) is 9.59 Å². The molecule has 0 aliphatic carbocycles. The van der Waals surface area contributed by atoms with E-state index in [9.17, 15) is 9.59 Å². The van der Waals surface area contributed by atoms with Crippen LogP contribution in [0.3, 0.4) is 0 Å². The quantitative estimate of drug-likeness (QED) is 0.682. The van der Waals surface area contributed by atoms with Gasteiger partial charge in [-0.2, -0.15) is 0 Å². The molecule has 0 radical (unpaired) electrons. The van der Waals surface area contributed by atoms with Crippen molar-refractivity contribution in [1.82, 2.24) is 15.1 Å². The molecule has 0 aromatic rings. The van der Waals surface area contributed by atoms with E-state index in [1.165, 1.54) is 0 Å². The zero-order chi connectivity index (χ0) is 12.1. The van der Waals surface area contributed by atoms with Crippen LogP contribution in [0.15, 0.2) is 0 Å². The molecule has 0 saturated carbocycles. The summed E-state index contributed by atoms with van der Waals surface area (Å²) >= 11 is 5.32. The van der Waals surface area contributed by atoms with Crippen LogP contribution in [0.1, 0.15) is 6.42 Å². The van der Waals surface area contributed by atoms with Gasteiger partial charge in [0.15, 0.2) is 0 Å². The van der Waals surface area contributed by atoms with E-state index in [1.807, 2.05) is 7.05 Å². The highest BCUT2D eigenvalue weighted by molar-refractivity contribution is 6.27. The molecule has 2 amide bonds. The normalized spacial score (nSPS) is 20.8. The fraction of sp³-hybridized carbons (Fsp3) is 0.800. The largest absolute Gasteiger partial charge is 0.346 e. The fourth-order valence-corrected chi connectivity index (χ4v) is 1.87. The van der Waals surface area contributed by atoms with Crippen molar-refractivity contribution < 1.29 is 9.59 Å². The molecule has 92 valence electrons. The monoisotopic (exact) mass is 247 g/mol. The van der Waals surface area contributed by atoms with Crippen LogP contribution < -0.4 is 5.32 Å². The molecule has 1 aliphatic heterocycles. The highest BCUT2D eigenvalue weighted by atomic mass is 35.5. The van der Waals surface area contributed by atoms with E-state index in [0.29, 0.717) is 0 Å². The summed E-state index contributed by atoms with van der Waals surface area (Å²) in [5.41, 5.74) is 0. The number of rotatable bonds is 4. The molecule has 1 aliphatic rings. The molecule has 1 saturated heterocycles. The molecule has 1 unspecified atom stereocenters. The number of alkyl halides is 1. The maximum absolute atomic E-state index is 11.7. The lowest BCUT2D eigenvalue weighted by Crippen LogP contribution is -2.44. The lowest BCUT2D eigenvalue weighted by Gasteiger charge is -2.24. The second-order valence-electron chi connectivity index (χ2n) is 4.12. The van der Waals surface area contributed by atoms with Gasteiger partial charge in [-0.3, -0.25) is 9.59 Å². The van der Waals surface area contributed by atoms with E-state index in [-0.39, 0.29) is 30.3 Å². The Morgan fingerprint density at radius 3 is 2.75 bits per heavy atom. The van der Waals surface area contributed by atoms with Gasteiger partial charge in [-0.25, -0.2) is 0 Å². The average molecular weight is 248 g/mol. The van der Waals surface area contributed by atoms with Gasteiger partial charge in [0, 0.05) is 19.6 Å². The molecule has 16 heavy (non-hydrogen) atoms. The van der Waals surface area contributed by atoms with Crippen LogP contribution in [0.4, 0.5) is 0 Å². The second-order valence-corrected chi connectivity index (χ2v) is 4.39. The van der Waals surface area contributed by atoms with Gasteiger partial charge in [0.2, 0.25) is 11.8 Å². The van der Waals surface area contributed by atoms with Gasteiger partial charge in [0.1, 0.15) is 5.88 Å². The first-order valence-electron chi connectivity index (χ1n) is 5.31. The number of nitrogens with zero attached hydrogens (tertiary/aromatic N) is 2. The molecular weight excluding hydrogens is 230 g/mol. The van der Waals surface area contributed by atoms with Crippen LogP contribution >= 0.6 is 11.6 Å². The van der Waals surface area contributed by atoms with Gasteiger partial charge in [0.05, 0.1) is 6.54 Å². The number of hydrogen-bond acceptors (Lipinski definition) is 3. The van der Waals surface area contributed by atoms with Crippen molar-refractivity contribution in [2.45, 2.75) is 12.5 Å². The van der Waals surface area contributed by atoms with Gasteiger partial charge < -0.3 is 15.1 Å². The minimum atomic E-state index is -0.313. The summed E-state index contributed by atoms with van der Waals surface area (Å²) in [5, 5.41) is 2.47. The van der Waals surface area contributed by atoms with Gasteiger partial charge in [-0.15, -0.1) is 11.6 Å². The summed E-state index contributed by atoms with van der Waals surface area (Å²) in [7, 11) is 3.81. The van der Waals surface area contributed by atoms with E-state index in [2.05, 4.69) is 10.2 Å². The Morgan fingerprint density at radius 2 is 2.25 bits per heavy atom. The smallest absolute Gasteiger partial charge is 0.242 e. The van der Waals surface area contributed by atoms with Crippen LogP contribution in [0.25, 0.3) is 0 Å². The topological polar surface area (TPSA) is 52.6 Å².